The lowest BCUT2D eigenvalue weighted by molar-refractivity contribution is 0.0941. The van der Waals surface area contributed by atoms with Gasteiger partial charge in [-0.3, -0.25) is 13.9 Å². The highest BCUT2D eigenvalue weighted by Gasteiger charge is 2.27. The van der Waals surface area contributed by atoms with Crippen molar-refractivity contribution in [2.75, 3.05) is 11.9 Å². The second-order valence-electron chi connectivity index (χ2n) is 5.25. The number of anilines is 1. The smallest absolute Gasteiger partial charge is 0.332 e. The van der Waals surface area contributed by atoms with Gasteiger partial charge in [-0.15, -0.1) is 0 Å². The van der Waals surface area contributed by atoms with Crippen molar-refractivity contribution in [1.29, 1.82) is 5.26 Å². The SMILES string of the molecule is CCC(Nc1c(C#N)c(=O)n(C)c(=O)n1C)C1CCCO1. The highest BCUT2D eigenvalue weighted by Crippen LogP contribution is 2.21. The molecule has 1 aliphatic heterocycles. The van der Waals surface area contributed by atoms with Gasteiger partial charge in [0.2, 0.25) is 0 Å². The van der Waals surface area contributed by atoms with Crippen molar-refractivity contribution in [3.05, 3.63) is 26.4 Å². The monoisotopic (exact) mass is 292 g/mol. The van der Waals surface area contributed by atoms with Crippen LogP contribution in [0.15, 0.2) is 9.59 Å². The summed E-state index contributed by atoms with van der Waals surface area (Å²) in [4.78, 5) is 24.1. The second kappa shape index (κ2) is 6.14. The van der Waals surface area contributed by atoms with E-state index in [9.17, 15) is 14.9 Å². The molecule has 2 rings (SSSR count). The molecule has 0 spiro atoms. The zero-order valence-electron chi connectivity index (χ0n) is 12.5. The van der Waals surface area contributed by atoms with Gasteiger partial charge < -0.3 is 10.1 Å². The van der Waals surface area contributed by atoms with E-state index in [-0.39, 0.29) is 23.5 Å². The Labute approximate surface area is 122 Å². The van der Waals surface area contributed by atoms with Crippen LogP contribution in [-0.2, 0) is 18.8 Å². The molecule has 2 unspecified atom stereocenters. The van der Waals surface area contributed by atoms with Crippen molar-refractivity contribution in [3.63, 3.8) is 0 Å². The third kappa shape index (κ3) is 2.72. The molecule has 1 aromatic heterocycles. The fraction of sp³-hybridized carbons (Fsp3) is 0.643. The lowest BCUT2D eigenvalue weighted by Crippen LogP contribution is -2.42. The van der Waals surface area contributed by atoms with Crippen molar-refractivity contribution < 1.29 is 4.74 Å². The lowest BCUT2D eigenvalue weighted by atomic mass is 10.1. The summed E-state index contributed by atoms with van der Waals surface area (Å²) >= 11 is 0. The number of nitrogens with zero attached hydrogens (tertiary/aromatic N) is 3. The number of hydrogen-bond acceptors (Lipinski definition) is 5. The Hall–Kier alpha value is -2.07. The van der Waals surface area contributed by atoms with Gasteiger partial charge in [0.05, 0.1) is 12.1 Å². The summed E-state index contributed by atoms with van der Waals surface area (Å²) in [5.74, 6) is 0.271. The molecule has 0 amide bonds. The quantitative estimate of drug-likeness (QED) is 0.863. The lowest BCUT2D eigenvalue weighted by Gasteiger charge is -2.25. The van der Waals surface area contributed by atoms with Crippen LogP contribution >= 0.6 is 0 Å². The van der Waals surface area contributed by atoms with Crippen molar-refractivity contribution in [3.8, 4) is 6.07 Å². The maximum atomic E-state index is 12.0. The average molecular weight is 292 g/mol. The minimum Gasteiger partial charge on any atom is -0.376 e. The molecule has 1 N–H and O–H groups in total. The molecule has 21 heavy (non-hydrogen) atoms. The van der Waals surface area contributed by atoms with E-state index in [1.807, 2.05) is 13.0 Å². The Morgan fingerprint density at radius 3 is 2.67 bits per heavy atom. The standard InChI is InChI=1S/C14H20N4O3/c1-4-10(11-6-5-7-21-11)16-12-9(8-15)13(19)18(3)14(20)17(12)2/h10-11,16H,4-7H2,1-3H3. The molecule has 7 heteroatoms. The van der Waals surface area contributed by atoms with Gasteiger partial charge in [-0.2, -0.15) is 5.26 Å². The molecule has 114 valence electrons. The molecule has 0 radical (unpaired) electrons. The Morgan fingerprint density at radius 2 is 2.14 bits per heavy atom. The van der Waals surface area contributed by atoms with Crippen LogP contribution in [0.4, 0.5) is 5.82 Å². The molecule has 1 aromatic rings. The van der Waals surface area contributed by atoms with Crippen LogP contribution in [-0.4, -0.2) is 27.9 Å². The first-order chi connectivity index (χ1) is 10.0. The summed E-state index contributed by atoms with van der Waals surface area (Å²) in [6.07, 6.45) is 2.76. The van der Waals surface area contributed by atoms with Crippen LogP contribution in [0.3, 0.4) is 0 Å². The van der Waals surface area contributed by atoms with Crippen LogP contribution in [0.25, 0.3) is 0 Å². The third-order valence-electron chi connectivity index (χ3n) is 3.95. The van der Waals surface area contributed by atoms with E-state index in [4.69, 9.17) is 4.74 Å². The highest BCUT2D eigenvalue weighted by molar-refractivity contribution is 5.52. The van der Waals surface area contributed by atoms with Crippen LogP contribution in [0.5, 0.6) is 0 Å². The predicted octanol–water partition coefficient (Wildman–Crippen LogP) is 0.325. The fourth-order valence-corrected chi connectivity index (χ4v) is 2.67. The van der Waals surface area contributed by atoms with Gasteiger partial charge in [0.15, 0.2) is 5.56 Å². The number of nitriles is 1. The van der Waals surface area contributed by atoms with Crippen molar-refractivity contribution in [1.82, 2.24) is 9.13 Å². The molecule has 1 aliphatic rings. The van der Waals surface area contributed by atoms with Crippen molar-refractivity contribution in [2.45, 2.75) is 38.3 Å². The summed E-state index contributed by atoms with van der Waals surface area (Å²) in [5, 5.41) is 12.4. The number of hydrogen-bond donors (Lipinski definition) is 1. The van der Waals surface area contributed by atoms with E-state index < -0.39 is 11.2 Å². The topological polar surface area (TPSA) is 89.0 Å². The number of rotatable bonds is 4. The summed E-state index contributed by atoms with van der Waals surface area (Å²) in [6.45, 7) is 2.73. The number of ether oxygens (including phenoxy) is 1. The first-order valence-electron chi connectivity index (χ1n) is 7.09. The van der Waals surface area contributed by atoms with Gasteiger partial charge in [-0.05, 0) is 19.3 Å². The molecule has 7 nitrogen and oxygen atoms in total. The molecule has 0 aliphatic carbocycles. The predicted molar refractivity (Wildman–Crippen MR) is 78.3 cm³/mol. The largest absolute Gasteiger partial charge is 0.376 e. The first kappa shape index (κ1) is 15.3. The van der Waals surface area contributed by atoms with Gasteiger partial charge >= 0.3 is 5.69 Å². The van der Waals surface area contributed by atoms with E-state index in [0.717, 1.165) is 30.4 Å². The van der Waals surface area contributed by atoms with E-state index in [2.05, 4.69) is 5.32 Å². The second-order valence-corrected chi connectivity index (χ2v) is 5.25. The summed E-state index contributed by atoms with van der Waals surface area (Å²) in [5.41, 5.74) is -1.08. The molecule has 0 aromatic carbocycles. The molecule has 1 fully saturated rings. The van der Waals surface area contributed by atoms with Crippen LogP contribution < -0.4 is 16.6 Å². The maximum Gasteiger partial charge on any atom is 0.332 e. The summed E-state index contributed by atoms with van der Waals surface area (Å²) in [6, 6.07) is 1.87. The van der Waals surface area contributed by atoms with Gasteiger partial charge in [-0.25, -0.2) is 4.79 Å². The van der Waals surface area contributed by atoms with Gasteiger partial charge in [0.1, 0.15) is 11.9 Å². The highest BCUT2D eigenvalue weighted by atomic mass is 16.5. The molecule has 2 heterocycles. The summed E-state index contributed by atoms with van der Waals surface area (Å²) < 4.78 is 7.90. The first-order valence-corrected chi connectivity index (χ1v) is 7.09. The Bertz CT molecular complexity index is 677. The molecular weight excluding hydrogens is 272 g/mol. The minimum atomic E-state index is -0.578. The zero-order chi connectivity index (χ0) is 15.6. The Morgan fingerprint density at radius 1 is 1.43 bits per heavy atom. The Kier molecular flexibility index (Phi) is 4.48. The normalized spacial score (nSPS) is 19.2. The minimum absolute atomic E-state index is 0.0303. The zero-order valence-corrected chi connectivity index (χ0v) is 12.5. The van der Waals surface area contributed by atoms with Crippen LogP contribution in [0.1, 0.15) is 31.7 Å². The summed E-state index contributed by atoms with van der Waals surface area (Å²) in [7, 11) is 2.92. The number of nitrogens with one attached hydrogen (secondary N) is 1. The van der Waals surface area contributed by atoms with E-state index in [1.54, 1.807) is 7.05 Å². The van der Waals surface area contributed by atoms with E-state index in [0.29, 0.717) is 0 Å². The van der Waals surface area contributed by atoms with Crippen LogP contribution in [0, 0.1) is 11.3 Å². The van der Waals surface area contributed by atoms with Gasteiger partial charge in [-0.1, -0.05) is 6.92 Å². The Balaban J connectivity index is 2.46. The molecule has 0 bridgehead atoms. The molecule has 1 saturated heterocycles. The molecular formula is C14H20N4O3. The van der Waals surface area contributed by atoms with Gasteiger partial charge in [0, 0.05) is 20.7 Å². The van der Waals surface area contributed by atoms with E-state index >= 15 is 0 Å². The molecule has 0 saturated carbocycles. The average Bonchev–Trinajstić information content (AvgIpc) is 3.01. The maximum absolute atomic E-state index is 12.0. The van der Waals surface area contributed by atoms with Crippen molar-refractivity contribution in [2.24, 2.45) is 14.1 Å². The van der Waals surface area contributed by atoms with E-state index in [1.165, 1.54) is 11.6 Å². The number of aromatic nitrogens is 2. The third-order valence-corrected chi connectivity index (χ3v) is 3.95. The van der Waals surface area contributed by atoms with Crippen molar-refractivity contribution >= 4 is 5.82 Å². The van der Waals surface area contributed by atoms with Gasteiger partial charge in [0.25, 0.3) is 5.56 Å². The van der Waals surface area contributed by atoms with Crippen LogP contribution in [0.2, 0.25) is 0 Å². The molecule has 2 atom stereocenters. The fourth-order valence-electron chi connectivity index (χ4n) is 2.67.